The summed E-state index contributed by atoms with van der Waals surface area (Å²) >= 11 is 6.88. The minimum atomic E-state index is -0.625. The predicted molar refractivity (Wildman–Crippen MR) is 107 cm³/mol. The highest BCUT2D eigenvalue weighted by Crippen LogP contribution is 2.20. The van der Waals surface area contributed by atoms with E-state index in [0.29, 0.717) is 23.7 Å². The Balaban J connectivity index is 1.69. The number of hydrogen-bond acceptors (Lipinski definition) is 5. The molecule has 28 heavy (non-hydrogen) atoms. The van der Waals surface area contributed by atoms with Crippen molar-refractivity contribution in [1.29, 1.82) is 0 Å². The van der Waals surface area contributed by atoms with Crippen LogP contribution in [0.5, 0.6) is 5.75 Å². The summed E-state index contributed by atoms with van der Waals surface area (Å²) in [4.78, 5) is 28.2. The molecule has 2 amide bonds. The second-order valence-electron chi connectivity index (χ2n) is 6.25. The molecule has 0 spiro atoms. The molecule has 0 bridgehead atoms. The Morgan fingerprint density at radius 3 is 2.79 bits per heavy atom. The first kappa shape index (κ1) is 21.8. The molecule has 1 aromatic carbocycles. The van der Waals surface area contributed by atoms with Crippen LogP contribution in [0.25, 0.3) is 0 Å². The molecule has 0 radical (unpaired) electrons. The van der Waals surface area contributed by atoms with Crippen molar-refractivity contribution in [3.8, 4) is 5.75 Å². The molecule has 0 unspecified atom stereocenters. The average Bonchev–Trinajstić information content (AvgIpc) is 3.13. The van der Waals surface area contributed by atoms with Crippen LogP contribution in [0, 0.1) is 5.82 Å². The molecule has 1 aromatic heterocycles. The number of carbonyl (C=O) groups excluding carboxylic acids is 2. The fourth-order valence-corrected chi connectivity index (χ4v) is 3.08. The third kappa shape index (κ3) is 6.61. The fourth-order valence-electron chi connectivity index (χ4n) is 2.07. The first-order valence-corrected chi connectivity index (χ1v) is 9.81. The van der Waals surface area contributed by atoms with Crippen LogP contribution in [-0.4, -0.2) is 29.9 Å². The number of nitrogens with zero attached hydrogens (tertiary/aromatic N) is 1. The molecular weight excluding hydrogens is 405 g/mol. The minimum absolute atomic E-state index is 0.0228. The number of nitrogens with one attached hydrogen (secondary N) is 2. The van der Waals surface area contributed by atoms with Gasteiger partial charge >= 0.3 is 0 Å². The van der Waals surface area contributed by atoms with Crippen LogP contribution in [0.2, 0.25) is 5.02 Å². The van der Waals surface area contributed by atoms with Crippen molar-refractivity contribution in [1.82, 2.24) is 15.6 Å². The van der Waals surface area contributed by atoms with Crippen LogP contribution in [0.1, 0.15) is 41.7 Å². The maximum absolute atomic E-state index is 13.3. The van der Waals surface area contributed by atoms with Crippen LogP contribution in [0.4, 0.5) is 4.39 Å². The molecule has 0 atom stereocenters. The first-order valence-electron chi connectivity index (χ1n) is 8.55. The van der Waals surface area contributed by atoms with Gasteiger partial charge in [-0.2, -0.15) is 0 Å². The summed E-state index contributed by atoms with van der Waals surface area (Å²) < 4.78 is 18.5. The molecule has 9 heteroatoms. The minimum Gasteiger partial charge on any atom is -0.484 e. The van der Waals surface area contributed by atoms with Gasteiger partial charge in [0.1, 0.15) is 11.6 Å². The van der Waals surface area contributed by atoms with Crippen LogP contribution >= 0.6 is 22.9 Å². The van der Waals surface area contributed by atoms with Crippen molar-refractivity contribution in [3.05, 3.63) is 57.4 Å². The number of amides is 2. The lowest BCUT2D eigenvalue weighted by Gasteiger charge is -2.10. The van der Waals surface area contributed by atoms with Gasteiger partial charge in [0.25, 0.3) is 11.8 Å². The SMILES string of the molecule is C=C(CCNC(=O)c1nc(C(C)C)cs1)NC(=O)COc1ccc(Cl)c(F)c1. The number of rotatable bonds is 9. The highest BCUT2D eigenvalue weighted by atomic mass is 35.5. The Kier molecular flexibility index (Phi) is 7.95. The Morgan fingerprint density at radius 1 is 1.39 bits per heavy atom. The molecule has 150 valence electrons. The fraction of sp³-hybridized carbons (Fsp3) is 0.316. The molecule has 0 fully saturated rings. The molecule has 0 saturated heterocycles. The Bertz CT molecular complexity index is 870. The van der Waals surface area contributed by atoms with Crippen LogP contribution < -0.4 is 15.4 Å². The van der Waals surface area contributed by atoms with E-state index in [2.05, 4.69) is 22.2 Å². The van der Waals surface area contributed by atoms with E-state index < -0.39 is 11.7 Å². The molecule has 1 heterocycles. The number of aromatic nitrogens is 1. The van der Waals surface area contributed by atoms with Gasteiger partial charge in [0, 0.05) is 30.1 Å². The summed E-state index contributed by atoms with van der Waals surface area (Å²) in [6.07, 6.45) is 0.357. The number of benzene rings is 1. The summed E-state index contributed by atoms with van der Waals surface area (Å²) in [5.41, 5.74) is 1.31. The Morgan fingerprint density at radius 2 is 2.14 bits per heavy atom. The lowest BCUT2D eigenvalue weighted by Crippen LogP contribution is -2.31. The molecule has 0 saturated carbocycles. The quantitative estimate of drug-likeness (QED) is 0.638. The highest BCUT2D eigenvalue weighted by molar-refractivity contribution is 7.11. The number of carbonyl (C=O) groups is 2. The number of ether oxygens (including phenoxy) is 1. The van der Waals surface area contributed by atoms with Gasteiger partial charge in [-0.25, -0.2) is 9.37 Å². The first-order chi connectivity index (χ1) is 13.3. The number of thiazole rings is 1. The van der Waals surface area contributed by atoms with Crippen LogP contribution in [0.15, 0.2) is 35.9 Å². The van der Waals surface area contributed by atoms with E-state index in [0.717, 1.165) is 11.8 Å². The molecule has 0 aliphatic rings. The van der Waals surface area contributed by atoms with Crippen molar-refractivity contribution < 1.29 is 18.7 Å². The molecule has 2 aromatic rings. The zero-order valence-corrected chi connectivity index (χ0v) is 17.1. The third-order valence-corrected chi connectivity index (χ3v) is 4.76. The smallest absolute Gasteiger partial charge is 0.280 e. The van der Waals surface area contributed by atoms with E-state index in [1.807, 2.05) is 19.2 Å². The Hall–Kier alpha value is -2.45. The molecule has 0 aliphatic carbocycles. The van der Waals surface area contributed by atoms with E-state index in [4.69, 9.17) is 16.3 Å². The molecule has 2 N–H and O–H groups in total. The highest BCUT2D eigenvalue weighted by Gasteiger charge is 2.13. The molecular formula is C19H21ClFN3O3S. The van der Waals surface area contributed by atoms with Crippen molar-refractivity contribution in [3.63, 3.8) is 0 Å². The monoisotopic (exact) mass is 425 g/mol. The normalized spacial score (nSPS) is 10.6. The lowest BCUT2D eigenvalue weighted by molar-refractivity contribution is -0.122. The summed E-state index contributed by atoms with van der Waals surface area (Å²) in [5, 5.41) is 7.55. The maximum Gasteiger partial charge on any atom is 0.280 e. The van der Waals surface area contributed by atoms with E-state index in [-0.39, 0.29) is 29.2 Å². The third-order valence-electron chi connectivity index (χ3n) is 3.60. The van der Waals surface area contributed by atoms with Gasteiger partial charge in [0.05, 0.1) is 10.7 Å². The lowest BCUT2D eigenvalue weighted by atomic mass is 10.2. The zero-order chi connectivity index (χ0) is 20.7. The van der Waals surface area contributed by atoms with Gasteiger partial charge in [-0.3, -0.25) is 9.59 Å². The standard InChI is InChI=1S/C19H21ClFN3O3S/c1-11(2)16-10-28-19(24-16)18(26)22-7-6-12(3)23-17(25)9-27-13-4-5-14(20)15(21)8-13/h4-5,8,10-11H,3,6-7,9H2,1-2H3,(H,22,26)(H,23,25). The molecule has 0 aliphatic heterocycles. The van der Waals surface area contributed by atoms with Crippen molar-refractivity contribution in [2.24, 2.45) is 0 Å². The van der Waals surface area contributed by atoms with Crippen LogP contribution in [0.3, 0.4) is 0 Å². The topological polar surface area (TPSA) is 80.3 Å². The summed E-state index contributed by atoms with van der Waals surface area (Å²) in [5.74, 6) is -0.865. The Labute approximate surface area is 171 Å². The summed E-state index contributed by atoms with van der Waals surface area (Å²) in [6, 6.07) is 3.91. The van der Waals surface area contributed by atoms with Crippen molar-refractivity contribution in [2.75, 3.05) is 13.2 Å². The largest absolute Gasteiger partial charge is 0.484 e. The van der Waals surface area contributed by atoms with Gasteiger partial charge in [-0.05, 0) is 18.1 Å². The molecule has 6 nitrogen and oxygen atoms in total. The zero-order valence-electron chi connectivity index (χ0n) is 15.6. The van der Waals surface area contributed by atoms with Gasteiger partial charge in [-0.1, -0.05) is 32.0 Å². The van der Waals surface area contributed by atoms with Crippen molar-refractivity contribution >= 4 is 34.8 Å². The van der Waals surface area contributed by atoms with Crippen molar-refractivity contribution in [2.45, 2.75) is 26.2 Å². The van der Waals surface area contributed by atoms with Gasteiger partial charge in [0.15, 0.2) is 11.6 Å². The van der Waals surface area contributed by atoms with E-state index in [9.17, 15) is 14.0 Å². The van der Waals surface area contributed by atoms with Gasteiger partial charge < -0.3 is 15.4 Å². The average molecular weight is 426 g/mol. The second kappa shape index (κ2) is 10.2. The van der Waals surface area contributed by atoms with E-state index >= 15 is 0 Å². The maximum atomic E-state index is 13.3. The number of halogens is 2. The van der Waals surface area contributed by atoms with Gasteiger partial charge in [-0.15, -0.1) is 11.3 Å². The summed E-state index contributed by atoms with van der Waals surface area (Å²) in [7, 11) is 0. The van der Waals surface area contributed by atoms with E-state index in [1.165, 1.54) is 23.5 Å². The number of hydrogen-bond donors (Lipinski definition) is 2. The predicted octanol–water partition coefficient (Wildman–Crippen LogP) is 3.89. The van der Waals surface area contributed by atoms with Crippen LogP contribution in [-0.2, 0) is 4.79 Å². The van der Waals surface area contributed by atoms with E-state index in [1.54, 1.807) is 0 Å². The van der Waals surface area contributed by atoms with Gasteiger partial charge in [0.2, 0.25) is 0 Å². The second-order valence-corrected chi connectivity index (χ2v) is 7.52. The summed E-state index contributed by atoms with van der Waals surface area (Å²) in [6.45, 7) is 7.77. The molecule has 2 rings (SSSR count).